The molecule has 7 nitrogen and oxygen atoms in total. The third-order valence-corrected chi connectivity index (χ3v) is 6.36. The van der Waals surface area contributed by atoms with E-state index in [1.54, 1.807) is 11.8 Å². The van der Waals surface area contributed by atoms with Gasteiger partial charge in [0.15, 0.2) is 0 Å². The first-order valence-corrected chi connectivity index (χ1v) is 10.7. The lowest BCUT2D eigenvalue weighted by Crippen LogP contribution is -2.51. The van der Waals surface area contributed by atoms with Gasteiger partial charge in [-0.25, -0.2) is 0 Å². The monoisotopic (exact) mass is 408 g/mol. The predicted molar refractivity (Wildman–Crippen MR) is 114 cm³/mol. The van der Waals surface area contributed by atoms with Crippen molar-refractivity contribution in [1.82, 2.24) is 9.78 Å². The lowest BCUT2D eigenvalue weighted by atomic mass is 9.89. The molecule has 1 aliphatic carbocycles. The van der Waals surface area contributed by atoms with Gasteiger partial charge in [-0.3, -0.25) is 14.3 Å². The Morgan fingerprint density at radius 1 is 1.20 bits per heavy atom. The standard InChI is InChI=1S/C23H28N4O3/c1-15-10-26(22(29)17-4-5-17)21-8-18(6-7-20(21)27(15)16(2)28)19-9-24-25(11-19)12-23(3)13-30-14-23/h6-9,11,15,17H,4-5,10,12-14H2,1-3H3. The highest BCUT2D eigenvalue weighted by atomic mass is 16.5. The second kappa shape index (κ2) is 6.94. The van der Waals surface area contributed by atoms with Crippen LogP contribution in [-0.2, 0) is 20.9 Å². The molecule has 2 aliphatic heterocycles. The van der Waals surface area contributed by atoms with Gasteiger partial charge in [-0.15, -0.1) is 0 Å². The lowest BCUT2D eigenvalue weighted by molar-refractivity contribution is -0.120. The molecule has 30 heavy (non-hydrogen) atoms. The van der Waals surface area contributed by atoms with Crippen LogP contribution in [0.5, 0.6) is 0 Å². The Morgan fingerprint density at radius 3 is 2.60 bits per heavy atom. The molecule has 2 amide bonds. The van der Waals surface area contributed by atoms with Crippen LogP contribution in [0, 0.1) is 11.3 Å². The summed E-state index contributed by atoms with van der Waals surface area (Å²) in [5.41, 5.74) is 3.79. The maximum Gasteiger partial charge on any atom is 0.230 e. The first-order chi connectivity index (χ1) is 14.3. The molecule has 0 spiro atoms. The summed E-state index contributed by atoms with van der Waals surface area (Å²) < 4.78 is 7.32. The molecule has 5 rings (SSSR count). The summed E-state index contributed by atoms with van der Waals surface area (Å²) in [5.74, 6) is 0.307. The van der Waals surface area contributed by atoms with Gasteiger partial charge in [-0.05, 0) is 37.5 Å². The quantitative estimate of drug-likeness (QED) is 0.780. The molecular formula is C23H28N4O3. The molecule has 1 aromatic heterocycles. The van der Waals surface area contributed by atoms with Crippen LogP contribution in [0.15, 0.2) is 30.6 Å². The van der Waals surface area contributed by atoms with Crippen molar-refractivity contribution in [2.24, 2.45) is 11.3 Å². The van der Waals surface area contributed by atoms with Gasteiger partial charge < -0.3 is 14.5 Å². The number of ether oxygens (including phenoxy) is 1. The van der Waals surface area contributed by atoms with Crippen molar-refractivity contribution in [3.8, 4) is 11.1 Å². The Hall–Kier alpha value is -2.67. The first kappa shape index (κ1) is 19.3. The van der Waals surface area contributed by atoms with Crippen LogP contribution in [0.3, 0.4) is 0 Å². The van der Waals surface area contributed by atoms with Crippen LogP contribution < -0.4 is 9.80 Å². The number of fused-ring (bicyclic) bond motifs is 1. The highest BCUT2D eigenvalue weighted by Gasteiger charge is 2.40. The summed E-state index contributed by atoms with van der Waals surface area (Å²) >= 11 is 0. The van der Waals surface area contributed by atoms with Gasteiger partial charge in [0.1, 0.15) is 0 Å². The Bertz CT molecular complexity index is 1010. The molecule has 2 fully saturated rings. The van der Waals surface area contributed by atoms with Crippen molar-refractivity contribution in [3.05, 3.63) is 30.6 Å². The second-order valence-corrected chi connectivity index (χ2v) is 9.39. The first-order valence-electron chi connectivity index (χ1n) is 10.7. The fourth-order valence-corrected chi connectivity index (χ4v) is 4.58. The van der Waals surface area contributed by atoms with Gasteiger partial charge in [-0.1, -0.05) is 13.0 Å². The maximum absolute atomic E-state index is 13.0. The smallest absolute Gasteiger partial charge is 0.230 e. The van der Waals surface area contributed by atoms with Gasteiger partial charge in [0.2, 0.25) is 11.8 Å². The Kier molecular flexibility index (Phi) is 4.47. The number of amides is 2. The van der Waals surface area contributed by atoms with Crippen molar-refractivity contribution < 1.29 is 14.3 Å². The average Bonchev–Trinajstić information content (AvgIpc) is 3.44. The minimum absolute atomic E-state index is 0.00111. The molecule has 2 aromatic rings. The number of aromatic nitrogens is 2. The van der Waals surface area contributed by atoms with Crippen LogP contribution in [0.1, 0.15) is 33.6 Å². The molecular weight excluding hydrogens is 380 g/mol. The van der Waals surface area contributed by atoms with E-state index in [0.29, 0.717) is 6.54 Å². The number of nitrogens with zero attached hydrogens (tertiary/aromatic N) is 4. The summed E-state index contributed by atoms with van der Waals surface area (Å²) in [4.78, 5) is 29.0. The molecule has 3 aliphatic rings. The second-order valence-electron chi connectivity index (χ2n) is 9.39. The zero-order valence-electron chi connectivity index (χ0n) is 17.8. The highest BCUT2D eigenvalue weighted by Crippen LogP contribution is 2.42. The normalized spacial score (nSPS) is 22.4. The summed E-state index contributed by atoms with van der Waals surface area (Å²) in [7, 11) is 0. The molecule has 1 saturated carbocycles. The number of hydrogen-bond donors (Lipinski definition) is 0. The number of carbonyl (C=O) groups excluding carboxylic acids is 2. The van der Waals surface area contributed by atoms with E-state index in [4.69, 9.17) is 4.74 Å². The zero-order chi connectivity index (χ0) is 21.0. The number of rotatable bonds is 4. The van der Waals surface area contributed by atoms with E-state index in [-0.39, 0.29) is 29.2 Å². The maximum atomic E-state index is 13.0. The summed E-state index contributed by atoms with van der Waals surface area (Å²) in [6.45, 7) is 8.66. The summed E-state index contributed by atoms with van der Waals surface area (Å²) in [5, 5.41) is 4.54. The Labute approximate surface area is 176 Å². The molecule has 0 radical (unpaired) electrons. The minimum Gasteiger partial charge on any atom is -0.380 e. The van der Waals surface area contributed by atoms with Crippen molar-refractivity contribution in [1.29, 1.82) is 0 Å². The van der Waals surface area contributed by atoms with Gasteiger partial charge >= 0.3 is 0 Å². The predicted octanol–water partition coefficient (Wildman–Crippen LogP) is 3.08. The van der Waals surface area contributed by atoms with Gasteiger partial charge in [0, 0.05) is 36.6 Å². The third-order valence-electron chi connectivity index (χ3n) is 6.36. The Morgan fingerprint density at radius 2 is 1.97 bits per heavy atom. The summed E-state index contributed by atoms with van der Waals surface area (Å²) in [6.07, 6.45) is 5.84. The molecule has 0 N–H and O–H groups in total. The van der Waals surface area contributed by atoms with E-state index in [2.05, 4.69) is 12.0 Å². The van der Waals surface area contributed by atoms with Crippen LogP contribution in [0.2, 0.25) is 0 Å². The van der Waals surface area contributed by atoms with Gasteiger partial charge in [0.25, 0.3) is 0 Å². The lowest BCUT2D eigenvalue weighted by Gasteiger charge is -2.41. The van der Waals surface area contributed by atoms with E-state index in [1.807, 2.05) is 47.1 Å². The molecule has 0 bridgehead atoms. The average molecular weight is 409 g/mol. The van der Waals surface area contributed by atoms with Crippen molar-refractivity contribution in [2.75, 3.05) is 29.6 Å². The number of benzene rings is 1. The Balaban J connectivity index is 1.50. The number of hydrogen-bond acceptors (Lipinski definition) is 4. The van der Waals surface area contributed by atoms with E-state index in [1.165, 1.54) is 0 Å². The molecule has 1 atom stereocenters. The van der Waals surface area contributed by atoms with Crippen molar-refractivity contribution >= 4 is 23.2 Å². The van der Waals surface area contributed by atoms with Crippen LogP contribution >= 0.6 is 0 Å². The molecule has 3 heterocycles. The van der Waals surface area contributed by atoms with E-state index in [0.717, 1.165) is 55.1 Å². The van der Waals surface area contributed by atoms with Crippen LogP contribution in [0.25, 0.3) is 11.1 Å². The van der Waals surface area contributed by atoms with Crippen molar-refractivity contribution in [2.45, 2.75) is 46.2 Å². The van der Waals surface area contributed by atoms with Crippen LogP contribution in [0.4, 0.5) is 11.4 Å². The number of carbonyl (C=O) groups is 2. The topological polar surface area (TPSA) is 67.7 Å². The van der Waals surface area contributed by atoms with E-state index < -0.39 is 0 Å². The van der Waals surface area contributed by atoms with E-state index >= 15 is 0 Å². The highest BCUT2D eigenvalue weighted by molar-refractivity contribution is 6.06. The third kappa shape index (κ3) is 3.31. The van der Waals surface area contributed by atoms with Gasteiger partial charge in [-0.2, -0.15) is 5.10 Å². The van der Waals surface area contributed by atoms with Crippen LogP contribution in [-0.4, -0.2) is 47.4 Å². The minimum atomic E-state index is -0.0447. The molecule has 1 saturated heterocycles. The molecule has 1 unspecified atom stereocenters. The van der Waals surface area contributed by atoms with Crippen molar-refractivity contribution in [3.63, 3.8) is 0 Å². The SMILES string of the molecule is CC(=O)N1c2ccc(-c3cnn(CC4(C)COC4)c3)cc2N(C(=O)C2CC2)CC1C. The van der Waals surface area contributed by atoms with E-state index in [9.17, 15) is 9.59 Å². The largest absolute Gasteiger partial charge is 0.380 e. The van der Waals surface area contributed by atoms with Gasteiger partial charge in [0.05, 0.1) is 43.4 Å². The zero-order valence-corrected chi connectivity index (χ0v) is 17.8. The summed E-state index contributed by atoms with van der Waals surface area (Å²) in [6, 6.07) is 5.97. The molecule has 158 valence electrons. The fourth-order valence-electron chi connectivity index (χ4n) is 4.58. The fraction of sp³-hybridized carbons (Fsp3) is 0.522. The molecule has 1 aromatic carbocycles. The molecule has 7 heteroatoms. The number of anilines is 2.